The van der Waals surface area contributed by atoms with Gasteiger partial charge >= 0.3 is 0 Å². The Morgan fingerprint density at radius 2 is 0.833 bits per heavy atom. The zero-order valence-corrected chi connectivity index (χ0v) is 33.5. The number of rotatable bonds is 6. The summed E-state index contributed by atoms with van der Waals surface area (Å²) in [5, 5.41) is 12.6. The van der Waals surface area contributed by atoms with E-state index in [1.165, 1.54) is 96.6 Å². The number of fused-ring (bicyclic) bond motifs is 8. The highest BCUT2D eigenvalue weighted by molar-refractivity contribution is 7.25. The SMILES string of the molecule is c1ccc(-c2ccc(-c3cccc(N(c4ccc5sc6cc7ccccc7cc6c5c4)c4ccc(-c5cc6ccccc6c6ccccc56)c5ccccc45)c3)cc2)cc1. The first-order valence-electron chi connectivity index (χ1n) is 20.6. The number of nitrogens with zero attached hydrogens (tertiary/aromatic N) is 1. The normalized spacial score (nSPS) is 11.7. The van der Waals surface area contributed by atoms with Crippen molar-refractivity contribution in [1.29, 1.82) is 0 Å². The second-order valence-electron chi connectivity index (χ2n) is 15.7. The summed E-state index contributed by atoms with van der Waals surface area (Å²) in [6, 6.07) is 82.6. The molecule has 12 aromatic rings. The molecule has 1 heterocycles. The summed E-state index contributed by atoms with van der Waals surface area (Å²) in [6.45, 7) is 0. The van der Waals surface area contributed by atoms with Gasteiger partial charge in [0.15, 0.2) is 0 Å². The minimum absolute atomic E-state index is 1.11. The van der Waals surface area contributed by atoms with E-state index < -0.39 is 0 Å². The number of thiophene rings is 1. The lowest BCUT2D eigenvalue weighted by Gasteiger charge is -2.28. The van der Waals surface area contributed by atoms with Crippen molar-refractivity contribution in [2.45, 2.75) is 0 Å². The number of benzene rings is 11. The van der Waals surface area contributed by atoms with E-state index >= 15 is 0 Å². The fraction of sp³-hybridized carbons (Fsp3) is 0. The van der Waals surface area contributed by atoms with Gasteiger partial charge in [0.25, 0.3) is 0 Å². The number of hydrogen-bond donors (Lipinski definition) is 0. The van der Waals surface area contributed by atoms with Gasteiger partial charge in [-0.1, -0.05) is 170 Å². The van der Waals surface area contributed by atoms with Crippen molar-refractivity contribution in [3.05, 3.63) is 224 Å². The summed E-state index contributed by atoms with van der Waals surface area (Å²) in [5.74, 6) is 0. The molecule has 0 bridgehead atoms. The van der Waals surface area contributed by atoms with E-state index in [0.29, 0.717) is 0 Å². The number of anilines is 3. The van der Waals surface area contributed by atoms with Crippen LogP contribution >= 0.6 is 11.3 Å². The van der Waals surface area contributed by atoms with Crippen LogP contribution in [0.3, 0.4) is 0 Å². The molecular weight excluding hydrogens is 743 g/mol. The molecule has 11 aromatic carbocycles. The first-order valence-corrected chi connectivity index (χ1v) is 21.4. The van der Waals surface area contributed by atoms with Crippen molar-refractivity contribution in [1.82, 2.24) is 0 Å². The van der Waals surface area contributed by atoms with E-state index in [9.17, 15) is 0 Å². The first-order chi connectivity index (χ1) is 29.7. The maximum Gasteiger partial charge on any atom is 0.0540 e. The number of hydrogen-bond acceptors (Lipinski definition) is 2. The summed E-state index contributed by atoms with van der Waals surface area (Å²) in [4.78, 5) is 2.47. The summed E-state index contributed by atoms with van der Waals surface area (Å²) in [6.07, 6.45) is 0. The van der Waals surface area contributed by atoms with Crippen molar-refractivity contribution in [2.75, 3.05) is 4.90 Å². The maximum absolute atomic E-state index is 2.47. The third kappa shape index (κ3) is 5.76. The standard InChI is InChI=1S/C58H37NS/c1-2-13-38(14-3-1)39-25-27-40(28-26-39)41-18-12-19-45(33-41)59(46-29-32-57-55(37-46)54-34-42-15-4-5-16-43(42)36-58(54)60-57)56-31-30-51(49-22-10-11-24-52(49)56)53-35-44-17-6-7-20-47(44)48-21-8-9-23-50(48)53/h1-37H. The molecule has 0 saturated carbocycles. The van der Waals surface area contributed by atoms with Crippen molar-refractivity contribution in [3.8, 4) is 33.4 Å². The monoisotopic (exact) mass is 779 g/mol. The van der Waals surface area contributed by atoms with Crippen LogP contribution < -0.4 is 4.90 Å². The van der Waals surface area contributed by atoms with Crippen LogP contribution in [0.25, 0.3) is 96.6 Å². The lowest BCUT2D eigenvalue weighted by molar-refractivity contribution is 1.30. The molecule has 12 rings (SSSR count). The van der Waals surface area contributed by atoms with Gasteiger partial charge in [0.1, 0.15) is 0 Å². The second-order valence-corrected chi connectivity index (χ2v) is 16.8. The van der Waals surface area contributed by atoms with E-state index in [1.54, 1.807) is 0 Å². The molecule has 0 unspecified atom stereocenters. The van der Waals surface area contributed by atoms with E-state index in [0.717, 1.165) is 17.1 Å². The second kappa shape index (κ2) is 14.1. The molecule has 1 aromatic heterocycles. The lowest BCUT2D eigenvalue weighted by atomic mass is 9.90. The third-order valence-corrected chi connectivity index (χ3v) is 13.3. The van der Waals surface area contributed by atoms with Crippen molar-refractivity contribution >= 4 is 91.7 Å². The van der Waals surface area contributed by atoms with Crippen LogP contribution in [0.2, 0.25) is 0 Å². The Morgan fingerprint density at radius 3 is 1.62 bits per heavy atom. The minimum atomic E-state index is 1.11. The quantitative estimate of drug-likeness (QED) is 0.152. The predicted octanol–water partition coefficient (Wildman–Crippen LogP) is 17.1. The molecule has 0 aliphatic carbocycles. The topological polar surface area (TPSA) is 3.24 Å². The Hall–Kier alpha value is -7.52. The fourth-order valence-corrected chi connectivity index (χ4v) is 10.4. The summed E-state index contributed by atoms with van der Waals surface area (Å²) in [7, 11) is 0. The Morgan fingerprint density at radius 1 is 0.267 bits per heavy atom. The zero-order valence-electron chi connectivity index (χ0n) is 32.7. The molecule has 1 nitrogen and oxygen atoms in total. The molecule has 0 aliphatic rings. The van der Waals surface area contributed by atoms with Crippen LogP contribution in [0.5, 0.6) is 0 Å². The van der Waals surface area contributed by atoms with Gasteiger partial charge in [-0.05, 0) is 126 Å². The molecule has 0 spiro atoms. The molecule has 2 heteroatoms. The third-order valence-electron chi connectivity index (χ3n) is 12.2. The van der Waals surface area contributed by atoms with Gasteiger partial charge in [-0.2, -0.15) is 0 Å². The molecule has 0 radical (unpaired) electrons. The fourth-order valence-electron chi connectivity index (χ4n) is 9.32. The van der Waals surface area contributed by atoms with Crippen LogP contribution in [0.15, 0.2) is 224 Å². The van der Waals surface area contributed by atoms with Crippen molar-refractivity contribution in [3.63, 3.8) is 0 Å². The summed E-state index contributed by atoms with van der Waals surface area (Å²) in [5.41, 5.74) is 10.7. The van der Waals surface area contributed by atoms with Gasteiger partial charge in [0.05, 0.1) is 5.69 Å². The van der Waals surface area contributed by atoms with Crippen molar-refractivity contribution < 1.29 is 0 Å². The molecular formula is C58H37NS. The van der Waals surface area contributed by atoms with Gasteiger partial charge < -0.3 is 4.90 Å². The highest BCUT2D eigenvalue weighted by atomic mass is 32.1. The van der Waals surface area contributed by atoms with Gasteiger partial charge in [-0.25, -0.2) is 0 Å². The minimum Gasteiger partial charge on any atom is -0.310 e. The lowest BCUT2D eigenvalue weighted by Crippen LogP contribution is -2.10. The van der Waals surface area contributed by atoms with Crippen LogP contribution in [0, 0.1) is 0 Å². The summed E-state index contributed by atoms with van der Waals surface area (Å²) >= 11 is 1.87. The molecule has 0 saturated heterocycles. The average molecular weight is 780 g/mol. The van der Waals surface area contributed by atoms with Gasteiger partial charge in [-0.15, -0.1) is 11.3 Å². The first kappa shape index (κ1) is 34.5. The van der Waals surface area contributed by atoms with E-state index in [2.05, 4.69) is 229 Å². The van der Waals surface area contributed by atoms with Gasteiger partial charge in [0.2, 0.25) is 0 Å². The Labute approximate surface area is 352 Å². The average Bonchev–Trinajstić information content (AvgIpc) is 3.67. The van der Waals surface area contributed by atoms with Crippen molar-refractivity contribution in [2.24, 2.45) is 0 Å². The molecule has 0 N–H and O–H groups in total. The van der Waals surface area contributed by atoms with Gasteiger partial charge in [-0.3, -0.25) is 0 Å². The highest BCUT2D eigenvalue weighted by Gasteiger charge is 2.20. The molecule has 280 valence electrons. The Bertz CT molecular complexity index is 3600. The molecule has 0 fully saturated rings. The van der Waals surface area contributed by atoms with Crippen LogP contribution in [-0.2, 0) is 0 Å². The Kier molecular flexibility index (Phi) is 8.11. The van der Waals surface area contributed by atoms with Crippen LogP contribution in [0.4, 0.5) is 17.1 Å². The molecule has 0 amide bonds. The Balaban J connectivity index is 1.07. The smallest absolute Gasteiger partial charge is 0.0540 e. The summed E-state index contributed by atoms with van der Waals surface area (Å²) < 4.78 is 2.60. The van der Waals surface area contributed by atoms with Gasteiger partial charge in [0, 0.05) is 36.9 Å². The maximum atomic E-state index is 2.47. The van der Waals surface area contributed by atoms with Crippen LogP contribution in [-0.4, -0.2) is 0 Å². The molecule has 0 aliphatic heterocycles. The van der Waals surface area contributed by atoms with E-state index in [4.69, 9.17) is 0 Å². The zero-order chi connectivity index (χ0) is 39.6. The molecule has 0 atom stereocenters. The van der Waals surface area contributed by atoms with E-state index in [1.807, 2.05) is 11.3 Å². The van der Waals surface area contributed by atoms with E-state index in [-0.39, 0.29) is 0 Å². The highest BCUT2D eigenvalue weighted by Crippen LogP contribution is 2.47. The predicted molar refractivity (Wildman–Crippen MR) is 260 cm³/mol. The largest absolute Gasteiger partial charge is 0.310 e. The molecule has 60 heavy (non-hydrogen) atoms. The van der Waals surface area contributed by atoms with Crippen LogP contribution in [0.1, 0.15) is 0 Å².